The van der Waals surface area contributed by atoms with Crippen LogP contribution < -0.4 is 0 Å². The standard InChI is InChI=1S/C20H25N3OS/c1-10-8-9-11(2)17-16(10)12(3)18(22-17)20(24)23(7)13(4)19-14(5)25-15(6)21-19/h8-9,13,22H,1-7H3/t13-/m1/s1. The van der Waals surface area contributed by atoms with Crippen LogP contribution in [0.5, 0.6) is 0 Å². The molecule has 0 unspecified atom stereocenters. The minimum atomic E-state index is -0.0644. The van der Waals surface area contributed by atoms with Crippen LogP contribution in [0.3, 0.4) is 0 Å². The van der Waals surface area contributed by atoms with Crippen molar-refractivity contribution in [2.24, 2.45) is 0 Å². The van der Waals surface area contributed by atoms with Crippen molar-refractivity contribution >= 4 is 28.1 Å². The van der Waals surface area contributed by atoms with Gasteiger partial charge in [0.25, 0.3) is 5.91 Å². The van der Waals surface area contributed by atoms with Gasteiger partial charge in [-0.15, -0.1) is 11.3 Å². The number of aromatic amines is 1. The third-order valence-corrected chi connectivity index (χ3v) is 5.97. The maximum atomic E-state index is 13.2. The minimum Gasteiger partial charge on any atom is -0.350 e. The molecule has 132 valence electrons. The molecule has 0 bridgehead atoms. The Morgan fingerprint density at radius 2 is 1.80 bits per heavy atom. The number of nitrogens with one attached hydrogen (secondary N) is 1. The van der Waals surface area contributed by atoms with Gasteiger partial charge < -0.3 is 9.88 Å². The highest BCUT2D eigenvalue weighted by atomic mass is 32.1. The van der Waals surface area contributed by atoms with Gasteiger partial charge >= 0.3 is 0 Å². The highest BCUT2D eigenvalue weighted by Crippen LogP contribution is 2.31. The number of carbonyl (C=O) groups is 1. The number of carbonyl (C=O) groups excluding carboxylic acids is 1. The Morgan fingerprint density at radius 1 is 1.16 bits per heavy atom. The van der Waals surface area contributed by atoms with Crippen LogP contribution in [0.4, 0.5) is 0 Å². The second-order valence-electron chi connectivity index (χ2n) is 6.84. The first-order valence-corrected chi connectivity index (χ1v) is 9.33. The minimum absolute atomic E-state index is 0.00468. The number of H-pyrrole nitrogens is 1. The van der Waals surface area contributed by atoms with Crippen molar-refractivity contribution in [2.75, 3.05) is 7.05 Å². The summed E-state index contributed by atoms with van der Waals surface area (Å²) in [5, 5.41) is 2.19. The van der Waals surface area contributed by atoms with Crippen LogP contribution >= 0.6 is 11.3 Å². The van der Waals surface area contributed by atoms with Gasteiger partial charge in [-0.25, -0.2) is 4.98 Å². The molecule has 3 rings (SSSR count). The molecule has 3 aromatic rings. The number of thiazole rings is 1. The van der Waals surface area contributed by atoms with E-state index in [-0.39, 0.29) is 11.9 Å². The first kappa shape index (κ1) is 17.7. The maximum absolute atomic E-state index is 13.2. The van der Waals surface area contributed by atoms with E-state index in [1.807, 2.05) is 27.8 Å². The summed E-state index contributed by atoms with van der Waals surface area (Å²) < 4.78 is 0. The summed E-state index contributed by atoms with van der Waals surface area (Å²) in [6.45, 7) is 12.3. The summed E-state index contributed by atoms with van der Waals surface area (Å²) in [6, 6.07) is 4.14. The van der Waals surface area contributed by atoms with E-state index in [9.17, 15) is 4.79 Å². The molecule has 4 nitrogen and oxygen atoms in total. The third kappa shape index (κ3) is 2.86. The molecule has 1 atom stereocenters. The first-order chi connectivity index (χ1) is 11.7. The Hall–Kier alpha value is -2.14. The van der Waals surface area contributed by atoms with Crippen LogP contribution in [0, 0.1) is 34.6 Å². The number of fused-ring (bicyclic) bond motifs is 1. The lowest BCUT2D eigenvalue weighted by molar-refractivity contribution is 0.0734. The summed E-state index contributed by atoms with van der Waals surface area (Å²) >= 11 is 1.68. The molecule has 0 radical (unpaired) electrons. The van der Waals surface area contributed by atoms with Crippen molar-refractivity contribution in [1.82, 2.24) is 14.9 Å². The smallest absolute Gasteiger partial charge is 0.270 e. The number of benzene rings is 1. The van der Waals surface area contributed by atoms with E-state index in [1.54, 1.807) is 16.2 Å². The number of amides is 1. The molecular formula is C20H25N3OS. The van der Waals surface area contributed by atoms with E-state index >= 15 is 0 Å². The Balaban J connectivity index is 2.02. The molecule has 0 aliphatic heterocycles. The molecule has 0 fully saturated rings. The highest BCUT2D eigenvalue weighted by Gasteiger charge is 2.26. The molecule has 0 aliphatic carbocycles. The summed E-state index contributed by atoms with van der Waals surface area (Å²) in [7, 11) is 1.85. The van der Waals surface area contributed by atoms with Crippen LogP contribution in [0.2, 0.25) is 0 Å². The summed E-state index contributed by atoms with van der Waals surface area (Å²) in [6.07, 6.45) is 0. The number of hydrogen-bond donors (Lipinski definition) is 1. The Morgan fingerprint density at radius 3 is 2.36 bits per heavy atom. The van der Waals surface area contributed by atoms with Gasteiger partial charge in [-0.1, -0.05) is 12.1 Å². The molecule has 0 saturated carbocycles. The molecule has 25 heavy (non-hydrogen) atoms. The fraction of sp³-hybridized carbons (Fsp3) is 0.400. The van der Waals surface area contributed by atoms with Gasteiger partial charge in [0.15, 0.2) is 0 Å². The molecule has 1 aromatic carbocycles. The predicted octanol–water partition coefficient (Wildman–Crippen LogP) is 5.00. The second-order valence-corrected chi connectivity index (χ2v) is 8.25. The normalized spacial score (nSPS) is 12.6. The van der Waals surface area contributed by atoms with Gasteiger partial charge in [0.1, 0.15) is 5.69 Å². The second kappa shape index (κ2) is 6.30. The van der Waals surface area contributed by atoms with Crippen LogP contribution in [-0.2, 0) is 0 Å². The van der Waals surface area contributed by atoms with E-state index < -0.39 is 0 Å². The van der Waals surface area contributed by atoms with Crippen molar-refractivity contribution in [3.8, 4) is 0 Å². The SMILES string of the molecule is Cc1nc([C@@H](C)N(C)C(=O)c2[nH]c3c(C)ccc(C)c3c2C)c(C)s1. The molecule has 0 aliphatic rings. The van der Waals surface area contributed by atoms with E-state index in [1.165, 1.54) is 10.4 Å². The van der Waals surface area contributed by atoms with E-state index in [2.05, 4.69) is 42.9 Å². The number of aromatic nitrogens is 2. The van der Waals surface area contributed by atoms with E-state index in [4.69, 9.17) is 0 Å². The number of nitrogens with zero attached hydrogens (tertiary/aromatic N) is 2. The highest BCUT2D eigenvalue weighted by molar-refractivity contribution is 7.11. The molecule has 0 spiro atoms. The monoisotopic (exact) mass is 355 g/mol. The first-order valence-electron chi connectivity index (χ1n) is 8.52. The lowest BCUT2D eigenvalue weighted by Gasteiger charge is -2.24. The average molecular weight is 356 g/mol. The molecule has 1 N–H and O–H groups in total. The molecule has 1 amide bonds. The zero-order valence-corrected chi connectivity index (χ0v) is 16.8. The Kier molecular flexibility index (Phi) is 4.45. The van der Waals surface area contributed by atoms with Crippen molar-refractivity contribution in [3.05, 3.63) is 50.1 Å². The van der Waals surface area contributed by atoms with Gasteiger partial charge in [-0.05, 0) is 58.2 Å². The molecule has 0 saturated heterocycles. The number of rotatable bonds is 3. The lowest BCUT2D eigenvalue weighted by atomic mass is 10.0. The van der Waals surface area contributed by atoms with E-state index in [0.29, 0.717) is 5.69 Å². The van der Waals surface area contributed by atoms with E-state index in [0.717, 1.165) is 32.7 Å². The van der Waals surface area contributed by atoms with Crippen molar-refractivity contribution in [2.45, 2.75) is 47.6 Å². The molecular weight excluding hydrogens is 330 g/mol. The third-order valence-electron chi connectivity index (χ3n) is 5.07. The van der Waals surface area contributed by atoms with Gasteiger partial charge in [-0.3, -0.25) is 4.79 Å². The Bertz CT molecular complexity index is 967. The average Bonchev–Trinajstić information content (AvgIpc) is 3.09. The van der Waals surface area contributed by atoms with Crippen LogP contribution in [0.15, 0.2) is 12.1 Å². The van der Waals surface area contributed by atoms with Crippen molar-refractivity contribution < 1.29 is 4.79 Å². The van der Waals surface area contributed by atoms with Crippen LogP contribution in [0.1, 0.15) is 55.7 Å². The molecule has 5 heteroatoms. The van der Waals surface area contributed by atoms with Crippen molar-refractivity contribution in [3.63, 3.8) is 0 Å². The maximum Gasteiger partial charge on any atom is 0.270 e. The summed E-state index contributed by atoms with van der Waals surface area (Å²) in [5.41, 5.74) is 6.08. The summed E-state index contributed by atoms with van der Waals surface area (Å²) in [5.74, 6) is 0.00468. The van der Waals surface area contributed by atoms with Gasteiger partial charge in [-0.2, -0.15) is 0 Å². The summed E-state index contributed by atoms with van der Waals surface area (Å²) in [4.78, 5) is 24.1. The van der Waals surface area contributed by atoms with Gasteiger partial charge in [0.2, 0.25) is 0 Å². The lowest BCUT2D eigenvalue weighted by Crippen LogP contribution is -2.31. The zero-order valence-electron chi connectivity index (χ0n) is 15.9. The molecule has 2 heterocycles. The fourth-order valence-corrected chi connectivity index (χ4v) is 4.39. The largest absolute Gasteiger partial charge is 0.350 e. The number of hydrogen-bond acceptors (Lipinski definition) is 3. The van der Waals surface area contributed by atoms with Crippen LogP contribution in [-0.4, -0.2) is 27.8 Å². The molecule has 2 aromatic heterocycles. The van der Waals surface area contributed by atoms with Gasteiger partial charge in [0, 0.05) is 22.8 Å². The zero-order chi connectivity index (χ0) is 18.5. The number of aryl methyl sites for hydroxylation is 5. The fourth-order valence-electron chi connectivity index (χ4n) is 3.48. The van der Waals surface area contributed by atoms with Gasteiger partial charge in [0.05, 0.1) is 16.7 Å². The topological polar surface area (TPSA) is 49.0 Å². The Labute approximate surface area is 152 Å². The quantitative estimate of drug-likeness (QED) is 0.719. The van der Waals surface area contributed by atoms with Crippen molar-refractivity contribution in [1.29, 1.82) is 0 Å². The van der Waals surface area contributed by atoms with Crippen LogP contribution in [0.25, 0.3) is 10.9 Å². The predicted molar refractivity (Wildman–Crippen MR) is 105 cm³/mol.